The van der Waals surface area contributed by atoms with E-state index in [1.165, 1.54) is 0 Å². The van der Waals surface area contributed by atoms with Gasteiger partial charge in [-0.25, -0.2) is 9.78 Å². The zero-order valence-electron chi connectivity index (χ0n) is 12.4. The van der Waals surface area contributed by atoms with Crippen molar-refractivity contribution in [1.82, 2.24) is 9.55 Å². The lowest BCUT2D eigenvalue weighted by molar-refractivity contribution is 0.0521. The molecule has 0 saturated carbocycles. The number of carbonyl (C=O) groups excluding carboxylic acids is 1. The van der Waals surface area contributed by atoms with Crippen LogP contribution in [-0.4, -0.2) is 28.7 Å². The number of hydrogen-bond donors (Lipinski definition) is 1. The molecule has 6 nitrogen and oxygen atoms in total. The second-order valence-corrected chi connectivity index (χ2v) is 4.35. The standard InChI is InChI=1S/C15H19N3O3/c1-4-20-12-9-7-6-8-11(12)18-10(3)17-13(14(18)16)15(19)21-5-2/h6-9H,4-5,16H2,1-3H3. The number of rotatable bonds is 5. The van der Waals surface area contributed by atoms with Crippen molar-refractivity contribution >= 4 is 11.8 Å². The number of nitrogens with two attached hydrogens (primary N) is 1. The monoisotopic (exact) mass is 289 g/mol. The number of imidazole rings is 1. The lowest BCUT2D eigenvalue weighted by Crippen LogP contribution is -2.10. The maximum absolute atomic E-state index is 11.9. The Bertz CT molecular complexity index is 650. The summed E-state index contributed by atoms with van der Waals surface area (Å²) in [6.07, 6.45) is 0. The first-order valence-corrected chi connectivity index (χ1v) is 6.84. The van der Waals surface area contributed by atoms with Gasteiger partial charge in [-0.05, 0) is 32.9 Å². The van der Waals surface area contributed by atoms with Crippen LogP contribution in [0.3, 0.4) is 0 Å². The van der Waals surface area contributed by atoms with Crippen molar-refractivity contribution < 1.29 is 14.3 Å². The van der Waals surface area contributed by atoms with Crippen LogP contribution in [0.4, 0.5) is 5.82 Å². The number of aromatic nitrogens is 2. The lowest BCUT2D eigenvalue weighted by atomic mass is 10.3. The molecule has 6 heteroatoms. The molecule has 1 heterocycles. The summed E-state index contributed by atoms with van der Waals surface area (Å²) < 4.78 is 12.3. The lowest BCUT2D eigenvalue weighted by Gasteiger charge is -2.13. The zero-order valence-corrected chi connectivity index (χ0v) is 12.4. The fourth-order valence-electron chi connectivity index (χ4n) is 2.12. The Morgan fingerprint density at radius 1 is 1.29 bits per heavy atom. The topological polar surface area (TPSA) is 79.4 Å². The summed E-state index contributed by atoms with van der Waals surface area (Å²) in [5.74, 6) is 1.01. The molecule has 0 spiro atoms. The first-order valence-electron chi connectivity index (χ1n) is 6.84. The summed E-state index contributed by atoms with van der Waals surface area (Å²) in [6.45, 7) is 6.24. The minimum atomic E-state index is -0.522. The number of hydrogen-bond acceptors (Lipinski definition) is 5. The van der Waals surface area contributed by atoms with Crippen LogP contribution in [0, 0.1) is 6.92 Å². The van der Waals surface area contributed by atoms with Gasteiger partial charge in [0.2, 0.25) is 0 Å². The van der Waals surface area contributed by atoms with Crippen LogP contribution >= 0.6 is 0 Å². The summed E-state index contributed by atoms with van der Waals surface area (Å²) in [5, 5.41) is 0. The van der Waals surface area contributed by atoms with E-state index in [2.05, 4.69) is 4.98 Å². The molecule has 2 aromatic rings. The van der Waals surface area contributed by atoms with E-state index in [1.807, 2.05) is 31.2 Å². The van der Waals surface area contributed by atoms with Gasteiger partial charge >= 0.3 is 5.97 Å². The Morgan fingerprint density at radius 3 is 2.67 bits per heavy atom. The summed E-state index contributed by atoms with van der Waals surface area (Å²) in [4.78, 5) is 16.1. The van der Waals surface area contributed by atoms with Crippen molar-refractivity contribution in [2.45, 2.75) is 20.8 Å². The fraction of sp³-hybridized carbons (Fsp3) is 0.333. The molecule has 0 amide bonds. The van der Waals surface area contributed by atoms with Gasteiger partial charge < -0.3 is 15.2 Å². The van der Waals surface area contributed by atoms with Crippen molar-refractivity contribution in [3.05, 3.63) is 35.8 Å². The van der Waals surface area contributed by atoms with E-state index in [0.29, 0.717) is 18.2 Å². The van der Waals surface area contributed by atoms with Gasteiger partial charge in [-0.1, -0.05) is 12.1 Å². The maximum atomic E-state index is 11.9. The molecule has 0 aliphatic carbocycles. The third-order valence-electron chi connectivity index (χ3n) is 2.96. The van der Waals surface area contributed by atoms with E-state index in [1.54, 1.807) is 18.4 Å². The van der Waals surface area contributed by atoms with Crippen molar-refractivity contribution in [1.29, 1.82) is 0 Å². The Hall–Kier alpha value is -2.50. The van der Waals surface area contributed by atoms with Crippen LogP contribution in [0.15, 0.2) is 24.3 Å². The quantitative estimate of drug-likeness (QED) is 0.855. The largest absolute Gasteiger partial charge is 0.492 e. The second-order valence-electron chi connectivity index (χ2n) is 4.35. The third kappa shape index (κ3) is 2.84. The molecule has 0 fully saturated rings. The van der Waals surface area contributed by atoms with Crippen molar-refractivity contribution in [3.63, 3.8) is 0 Å². The number of para-hydroxylation sites is 2. The van der Waals surface area contributed by atoms with Gasteiger partial charge in [0.1, 0.15) is 17.4 Å². The predicted molar refractivity (Wildman–Crippen MR) is 79.8 cm³/mol. The Kier molecular flexibility index (Phi) is 4.47. The van der Waals surface area contributed by atoms with Crippen LogP contribution in [0.1, 0.15) is 30.2 Å². The minimum Gasteiger partial charge on any atom is -0.492 e. The van der Waals surface area contributed by atoms with Gasteiger partial charge in [-0.2, -0.15) is 0 Å². The van der Waals surface area contributed by atoms with Gasteiger partial charge in [0.25, 0.3) is 0 Å². The molecule has 0 radical (unpaired) electrons. The maximum Gasteiger partial charge on any atom is 0.360 e. The molecule has 1 aromatic carbocycles. The number of carbonyl (C=O) groups is 1. The Morgan fingerprint density at radius 2 is 2.00 bits per heavy atom. The van der Waals surface area contributed by atoms with Gasteiger partial charge in [0, 0.05) is 0 Å². The van der Waals surface area contributed by atoms with Crippen molar-refractivity contribution in [2.75, 3.05) is 18.9 Å². The molecule has 0 aliphatic rings. The van der Waals surface area contributed by atoms with E-state index in [-0.39, 0.29) is 18.1 Å². The Balaban J connectivity index is 2.53. The molecule has 0 aliphatic heterocycles. The first-order chi connectivity index (χ1) is 10.1. The predicted octanol–water partition coefficient (Wildman–Crippen LogP) is 2.34. The zero-order chi connectivity index (χ0) is 15.4. The molecule has 2 N–H and O–H groups in total. The van der Waals surface area contributed by atoms with Crippen LogP contribution in [-0.2, 0) is 4.74 Å². The van der Waals surface area contributed by atoms with Crippen molar-refractivity contribution in [3.8, 4) is 11.4 Å². The summed E-state index contributed by atoms with van der Waals surface area (Å²) in [7, 11) is 0. The van der Waals surface area contributed by atoms with E-state index < -0.39 is 5.97 Å². The first kappa shape index (κ1) is 14.9. The average molecular weight is 289 g/mol. The number of anilines is 1. The molecule has 0 bridgehead atoms. The smallest absolute Gasteiger partial charge is 0.360 e. The number of nitrogens with zero attached hydrogens (tertiary/aromatic N) is 2. The molecule has 0 saturated heterocycles. The molecule has 21 heavy (non-hydrogen) atoms. The van der Waals surface area contributed by atoms with Gasteiger partial charge in [-0.3, -0.25) is 4.57 Å². The molecule has 112 valence electrons. The van der Waals surface area contributed by atoms with Gasteiger partial charge in [-0.15, -0.1) is 0 Å². The normalized spacial score (nSPS) is 10.4. The molecular weight excluding hydrogens is 270 g/mol. The highest BCUT2D eigenvalue weighted by Crippen LogP contribution is 2.28. The number of ether oxygens (including phenoxy) is 2. The summed E-state index contributed by atoms with van der Waals surface area (Å²) >= 11 is 0. The highest BCUT2D eigenvalue weighted by Gasteiger charge is 2.22. The van der Waals surface area contributed by atoms with Crippen molar-refractivity contribution in [2.24, 2.45) is 0 Å². The van der Waals surface area contributed by atoms with Crippen LogP contribution in [0.2, 0.25) is 0 Å². The SMILES string of the molecule is CCOC(=O)c1nc(C)n(-c2ccccc2OCC)c1N. The van der Waals surface area contributed by atoms with E-state index in [4.69, 9.17) is 15.2 Å². The van der Waals surface area contributed by atoms with Crippen LogP contribution in [0.5, 0.6) is 5.75 Å². The minimum absolute atomic E-state index is 0.126. The van der Waals surface area contributed by atoms with E-state index in [0.717, 1.165) is 5.69 Å². The second kappa shape index (κ2) is 6.30. The highest BCUT2D eigenvalue weighted by molar-refractivity contribution is 5.92. The number of nitrogen functional groups attached to an aromatic ring is 1. The molecule has 0 unspecified atom stereocenters. The summed E-state index contributed by atoms with van der Waals surface area (Å²) in [5.41, 5.74) is 6.95. The fourth-order valence-corrected chi connectivity index (χ4v) is 2.12. The third-order valence-corrected chi connectivity index (χ3v) is 2.96. The molecule has 2 rings (SSSR count). The molecule has 0 atom stereocenters. The highest BCUT2D eigenvalue weighted by atomic mass is 16.5. The number of aryl methyl sites for hydroxylation is 1. The molecule has 1 aromatic heterocycles. The number of benzene rings is 1. The summed E-state index contributed by atoms with van der Waals surface area (Å²) in [6, 6.07) is 7.47. The average Bonchev–Trinajstić information content (AvgIpc) is 2.76. The van der Waals surface area contributed by atoms with Gasteiger partial charge in [0.15, 0.2) is 5.69 Å². The number of esters is 1. The van der Waals surface area contributed by atoms with E-state index in [9.17, 15) is 4.79 Å². The van der Waals surface area contributed by atoms with Crippen LogP contribution < -0.4 is 10.5 Å². The van der Waals surface area contributed by atoms with Gasteiger partial charge in [0.05, 0.1) is 18.9 Å². The van der Waals surface area contributed by atoms with Crippen LogP contribution in [0.25, 0.3) is 5.69 Å². The Labute approximate surface area is 123 Å². The molecular formula is C15H19N3O3. The van der Waals surface area contributed by atoms with E-state index >= 15 is 0 Å².